The second-order valence-electron chi connectivity index (χ2n) is 8.44. The standard InChI is InChI=1S/C25H23FN6O6/c26-23-15-30(9-10-31(23)25(33)16-36-18-5-3-4-17(12-18)32(34)35)22-7-2-1-6-20(22)21-13-19(38-28-21)14-27-24-8-11-37-29-24/h1-8,11-13,23H,9-10,14-16H2,(H,27,29). The molecule has 38 heavy (non-hydrogen) atoms. The number of nitro groups is 1. The van der Waals surface area contributed by atoms with E-state index in [4.69, 9.17) is 13.8 Å². The molecule has 2 aromatic heterocycles. The van der Waals surface area contributed by atoms with Gasteiger partial charge in [0.1, 0.15) is 17.7 Å². The number of hydrogen-bond donors (Lipinski definition) is 1. The quantitative estimate of drug-likeness (QED) is 0.196. The predicted molar refractivity (Wildman–Crippen MR) is 133 cm³/mol. The summed E-state index contributed by atoms with van der Waals surface area (Å²) in [6, 6.07) is 16.4. The van der Waals surface area contributed by atoms with Gasteiger partial charge in [0.05, 0.1) is 24.1 Å². The van der Waals surface area contributed by atoms with Crippen LogP contribution in [0.5, 0.6) is 5.75 Å². The molecule has 0 bridgehead atoms. The maximum Gasteiger partial charge on any atom is 0.273 e. The van der Waals surface area contributed by atoms with Gasteiger partial charge < -0.3 is 28.9 Å². The van der Waals surface area contributed by atoms with Crippen LogP contribution >= 0.6 is 0 Å². The molecular formula is C25H23FN6O6. The first-order valence-corrected chi connectivity index (χ1v) is 11.7. The zero-order chi connectivity index (χ0) is 26.5. The van der Waals surface area contributed by atoms with E-state index >= 15 is 4.39 Å². The Morgan fingerprint density at radius 1 is 1.16 bits per heavy atom. The topological polar surface area (TPSA) is 140 Å². The van der Waals surface area contributed by atoms with Crippen LogP contribution in [0.4, 0.5) is 21.6 Å². The number of non-ortho nitro benzene ring substituents is 1. The Morgan fingerprint density at radius 3 is 2.82 bits per heavy atom. The molecule has 1 aliphatic rings. The van der Waals surface area contributed by atoms with Crippen molar-refractivity contribution in [3.8, 4) is 17.0 Å². The number of amides is 1. The van der Waals surface area contributed by atoms with E-state index in [1.165, 1.54) is 30.5 Å². The molecule has 0 saturated carbocycles. The van der Waals surface area contributed by atoms with Crippen LogP contribution in [0.1, 0.15) is 5.76 Å². The number of para-hydroxylation sites is 1. The van der Waals surface area contributed by atoms with Crippen molar-refractivity contribution in [3.05, 3.63) is 82.8 Å². The minimum Gasteiger partial charge on any atom is -0.484 e. The first kappa shape index (κ1) is 24.7. The number of carbonyl (C=O) groups is 1. The van der Waals surface area contributed by atoms with E-state index in [1.807, 2.05) is 29.2 Å². The Labute approximate surface area is 215 Å². The van der Waals surface area contributed by atoms with E-state index in [0.717, 1.165) is 16.2 Å². The monoisotopic (exact) mass is 522 g/mol. The van der Waals surface area contributed by atoms with Gasteiger partial charge in [-0.15, -0.1) is 0 Å². The fourth-order valence-electron chi connectivity index (χ4n) is 4.13. The van der Waals surface area contributed by atoms with Crippen molar-refractivity contribution in [3.63, 3.8) is 0 Å². The van der Waals surface area contributed by atoms with E-state index in [1.54, 1.807) is 12.1 Å². The second-order valence-corrected chi connectivity index (χ2v) is 8.44. The number of rotatable bonds is 9. The van der Waals surface area contributed by atoms with E-state index in [9.17, 15) is 14.9 Å². The van der Waals surface area contributed by atoms with Gasteiger partial charge in [-0.05, 0) is 12.1 Å². The molecule has 0 spiro atoms. The molecular weight excluding hydrogens is 499 g/mol. The first-order chi connectivity index (χ1) is 18.5. The maximum atomic E-state index is 15.2. The summed E-state index contributed by atoms with van der Waals surface area (Å²) >= 11 is 0. The summed E-state index contributed by atoms with van der Waals surface area (Å²) in [5.41, 5.74) is 1.97. The normalized spacial score (nSPS) is 15.3. The van der Waals surface area contributed by atoms with Gasteiger partial charge in [-0.2, -0.15) is 0 Å². The van der Waals surface area contributed by atoms with E-state index < -0.39 is 23.7 Å². The van der Waals surface area contributed by atoms with E-state index in [0.29, 0.717) is 30.4 Å². The van der Waals surface area contributed by atoms with Crippen molar-refractivity contribution in [1.29, 1.82) is 0 Å². The minimum atomic E-state index is -1.57. The number of hydrogen-bond acceptors (Lipinski definition) is 10. The molecule has 3 heterocycles. The van der Waals surface area contributed by atoms with Crippen molar-refractivity contribution >= 4 is 23.1 Å². The van der Waals surface area contributed by atoms with Crippen LogP contribution < -0.4 is 15.0 Å². The smallest absolute Gasteiger partial charge is 0.273 e. The maximum absolute atomic E-state index is 15.2. The lowest BCUT2D eigenvalue weighted by Gasteiger charge is -2.39. The number of nitro benzene ring substituents is 1. The van der Waals surface area contributed by atoms with Crippen LogP contribution in [0.2, 0.25) is 0 Å². The Kier molecular flexibility index (Phi) is 7.15. The Balaban J connectivity index is 1.21. The Bertz CT molecular complexity index is 1410. The predicted octanol–water partition coefficient (Wildman–Crippen LogP) is 3.87. The van der Waals surface area contributed by atoms with Crippen molar-refractivity contribution < 1.29 is 27.9 Å². The number of carbonyl (C=O) groups excluding carboxylic acids is 1. The highest BCUT2D eigenvalue weighted by Crippen LogP contribution is 2.32. The fraction of sp³-hybridized carbons (Fsp3) is 0.240. The molecule has 0 radical (unpaired) electrons. The summed E-state index contributed by atoms with van der Waals surface area (Å²) in [7, 11) is 0. The summed E-state index contributed by atoms with van der Waals surface area (Å²) < 4.78 is 30.8. The van der Waals surface area contributed by atoms with Crippen LogP contribution in [0.25, 0.3) is 11.3 Å². The van der Waals surface area contributed by atoms with Crippen molar-refractivity contribution in [2.45, 2.75) is 12.8 Å². The lowest BCUT2D eigenvalue weighted by molar-refractivity contribution is -0.384. The van der Waals surface area contributed by atoms with E-state index in [2.05, 4.69) is 15.6 Å². The number of alkyl halides is 1. The number of ether oxygens (including phenoxy) is 1. The molecule has 1 fully saturated rings. The van der Waals surface area contributed by atoms with Gasteiger partial charge in [0, 0.05) is 42.5 Å². The first-order valence-electron chi connectivity index (χ1n) is 11.7. The number of benzene rings is 2. The molecule has 1 unspecified atom stereocenters. The molecule has 1 amide bonds. The average Bonchev–Trinajstić information content (AvgIpc) is 3.63. The molecule has 1 atom stereocenters. The molecule has 1 N–H and O–H groups in total. The zero-order valence-electron chi connectivity index (χ0n) is 20.0. The minimum absolute atomic E-state index is 0.0437. The third kappa shape index (κ3) is 5.56. The molecule has 1 saturated heterocycles. The van der Waals surface area contributed by atoms with Gasteiger partial charge in [-0.3, -0.25) is 14.9 Å². The molecule has 4 aromatic rings. The number of piperazine rings is 1. The van der Waals surface area contributed by atoms with Gasteiger partial charge in [-0.1, -0.05) is 34.6 Å². The highest BCUT2D eigenvalue weighted by Gasteiger charge is 2.32. The van der Waals surface area contributed by atoms with Crippen molar-refractivity contribution in [2.75, 3.05) is 36.5 Å². The lowest BCUT2D eigenvalue weighted by Crippen LogP contribution is -2.54. The average molecular weight is 522 g/mol. The largest absolute Gasteiger partial charge is 0.484 e. The Hall–Kier alpha value is -4.94. The highest BCUT2D eigenvalue weighted by atomic mass is 19.1. The number of nitrogens with one attached hydrogen (secondary N) is 1. The molecule has 2 aromatic carbocycles. The second kappa shape index (κ2) is 11.0. The van der Waals surface area contributed by atoms with Gasteiger partial charge in [0.2, 0.25) is 0 Å². The van der Waals surface area contributed by atoms with Gasteiger partial charge in [0.15, 0.2) is 24.5 Å². The molecule has 196 valence electrons. The molecule has 13 heteroatoms. The van der Waals surface area contributed by atoms with Crippen molar-refractivity contribution in [1.82, 2.24) is 15.2 Å². The summed E-state index contributed by atoms with van der Waals surface area (Å²) in [5.74, 6) is 0.775. The Morgan fingerprint density at radius 2 is 2.03 bits per heavy atom. The van der Waals surface area contributed by atoms with Gasteiger partial charge in [-0.25, -0.2) is 4.39 Å². The van der Waals surface area contributed by atoms with Crippen LogP contribution in [0, 0.1) is 10.1 Å². The highest BCUT2D eigenvalue weighted by molar-refractivity contribution is 5.79. The van der Waals surface area contributed by atoms with Crippen LogP contribution in [-0.2, 0) is 11.3 Å². The molecule has 1 aliphatic heterocycles. The number of nitrogens with zero attached hydrogens (tertiary/aromatic N) is 5. The summed E-state index contributed by atoms with van der Waals surface area (Å²) in [4.78, 5) is 26.0. The number of anilines is 2. The number of aromatic nitrogens is 2. The SMILES string of the molecule is O=C(COc1cccc([N+](=O)[O-])c1)N1CCN(c2ccccc2-c2cc(CNc3ccon3)on2)CC1F. The van der Waals surface area contributed by atoms with Gasteiger partial charge in [0.25, 0.3) is 11.6 Å². The van der Waals surface area contributed by atoms with Crippen LogP contribution in [-0.4, -0.2) is 58.6 Å². The third-order valence-electron chi connectivity index (χ3n) is 5.99. The van der Waals surface area contributed by atoms with Crippen LogP contribution in [0.15, 0.2) is 76.0 Å². The van der Waals surface area contributed by atoms with Crippen molar-refractivity contribution in [2.24, 2.45) is 0 Å². The lowest BCUT2D eigenvalue weighted by atomic mass is 10.1. The number of halogens is 1. The summed E-state index contributed by atoms with van der Waals surface area (Å²) in [6.07, 6.45) is -0.113. The van der Waals surface area contributed by atoms with E-state index in [-0.39, 0.29) is 24.5 Å². The summed E-state index contributed by atoms with van der Waals surface area (Å²) in [6.45, 7) is 0.407. The third-order valence-corrected chi connectivity index (χ3v) is 5.99. The molecule has 12 nitrogen and oxygen atoms in total. The fourth-order valence-corrected chi connectivity index (χ4v) is 4.13. The van der Waals surface area contributed by atoms with Gasteiger partial charge >= 0.3 is 0 Å². The molecule has 0 aliphatic carbocycles. The molecule has 5 rings (SSSR count). The van der Waals surface area contributed by atoms with Crippen LogP contribution in [0.3, 0.4) is 0 Å². The summed E-state index contributed by atoms with van der Waals surface area (Å²) in [5, 5.41) is 21.9. The zero-order valence-corrected chi connectivity index (χ0v) is 20.0.